The molecule has 4 aromatic rings. The highest BCUT2D eigenvalue weighted by Gasteiger charge is 2.32. The van der Waals surface area contributed by atoms with Crippen LogP contribution in [0.3, 0.4) is 0 Å². The molecule has 8 heteroatoms. The van der Waals surface area contributed by atoms with Crippen LogP contribution in [0.5, 0.6) is 0 Å². The van der Waals surface area contributed by atoms with Crippen LogP contribution in [-0.2, 0) is 10.0 Å². The monoisotopic (exact) mass is 481 g/mol. The van der Waals surface area contributed by atoms with Crippen LogP contribution in [0.15, 0.2) is 82.5 Å². The summed E-state index contributed by atoms with van der Waals surface area (Å²) in [6.45, 7) is 3.77. The Hall–Kier alpha value is -3.00. The number of hydrogen-bond acceptors (Lipinski definition) is 4. The summed E-state index contributed by atoms with van der Waals surface area (Å²) in [7, 11) is -2.32. The molecule has 0 saturated carbocycles. The average Bonchev–Trinajstić information content (AvgIpc) is 2.80. The maximum Gasteiger partial charge on any atom is 0.266 e. The van der Waals surface area contributed by atoms with Crippen LogP contribution in [0.2, 0.25) is 5.02 Å². The fourth-order valence-electron chi connectivity index (χ4n) is 3.88. The van der Waals surface area contributed by atoms with E-state index in [1.807, 2.05) is 13.8 Å². The van der Waals surface area contributed by atoms with Gasteiger partial charge in [-0.15, -0.1) is 0 Å². The quantitative estimate of drug-likeness (QED) is 0.383. The molecule has 0 aliphatic heterocycles. The molecule has 33 heavy (non-hydrogen) atoms. The Kier molecular flexibility index (Phi) is 6.38. The van der Waals surface area contributed by atoms with Gasteiger partial charge in [0.1, 0.15) is 5.82 Å². The average molecular weight is 482 g/mol. The van der Waals surface area contributed by atoms with Crippen LogP contribution in [0, 0.1) is 6.92 Å². The third kappa shape index (κ3) is 4.31. The molecule has 0 amide bonds. The minimum absolute atomic E-state index is 0.187. The Morgan fingerprint density at radius 3 is 2.39 bits per heavy atom. The Labute approximate surface area is 198 Å². The first-order valence-corrected chi connectivity index (χ1v) is 12.4. The minimum atomic E-state index is -3.84. The molecule has 0 N–H and O–H groups in total. The lowest BCUT2D eigenvalue weighted by Crippen LogP contribution is -2.36. The Morgan fingerprint density at radius 1 is 1.03 bits per heavy atom. The summed E-state index contributed by atoms with van der Waals surface area (Å²) in [4.78, 5) is 18.5. The Balaban J connectivity index is 1.95. The molecule has 1 atom stereocenters. The number of benzene rings is 3. The molecular formula is C25H24ClN3O3S. The molecular weight excluding hydrogens is 458 g/mol. The molecule has 0 aliphatic rings. The van der Waals surface area contributed by atoms with Crippen molar-refractivity contribution >= 4 is 32.5 Å². The smallest absolute Gasteiger partial charge is 0.266 e. The van der Waals surface area contributed by atoms with Gasteiger partial charge in [0.2, 0.25) is 10.0 Å². The fraction of sp³-hybridized carbons (Fsp3) is 0.200. The lowest BCUT2D eigenvalue weighted by atomic mass is 10.1. The van der Waals surface area contributed by atoms with Gasteiger partial charge in [0.05, 0.1) is 27.5 Å². The number of fused-ring (bicyclic) bond motifs is 1. The Morgan fingerprint density at radius 2 is 1.73 bits per heavy atom. The van der Waals surface area contributed by atoms with E-state index in [9.17, 15) is 13.2 Å². The first-order valence-electron chi connectivity index (χ1n) is 10.6. The largest absolute Gasteiger partial charge is 0.268 e. The van der Waals surface area contributed by atoms with Crippen molar-refractivity contribution in [2.45, 2.75) is 31.2 Å². The molecule has 4 rings (SSSR count). The van der Waals surface area contributed by atoms with Crippen molar-refractivity contribution < 1.29 is 8.42 Å². The molecule has 0 radical (unpaired) electrons. The summed E-state index contributed by atoms with van der Waals surface area (Å²) in [6.07, 6.45) is 0.410. The van der Waals surface area contributed by atoms with E-state index in [1.165, 1.54) is 15.9 Å². The van der Waals surface area contributed by atoms with E-state index in [2.05, 4.69) is 0 Å². The van der Waals surface area contributed by atoms with Gasteiger partial charge >= 0.3 is 0 Å². The normalized spacial score (nSPS) is 12.9. The topological polar surface area (TPSA) is 72.3 Å². The number of rotatable bonds is 6. The molecule has 0 bridgehead atoms. The number of nitrogens with zero attached hydrogens (tertiary/aromatic N) is 3. The van der Waals surface area contributed by atoms with Gasteiger partial charge in [-0.3, -0.25) is 9.36 Å². The predicted octanol–water partition coefficient (Wildman–Crippen LogP) is 5.12. The van der Waals surface area contributed by atoms with Gasteiger partial charge in [0.25, 0.3) is 5.56 Å². The van der Waals surface area contributed by atoms with Crippen molar-refractivity contribution in [2.24, 2.45) is 0 Å². The fourth-order valence-corrected chi connectivity index (χ4v) is 5.46. The molecule has 1 unspecified atom stereocenters. The Bertz CT molecular complexity index is 1480. The van der Waals surface area contributed by atoms with Gasteiger partial charge < -0.3 is 0 Å². The van der Waals surface area contributed by atoms with E-state index in [0.29, 0.717) is 33.9 Å². The van der Waals surface area contributed by atoms with E-state index < -0.39 is 16.1 Å². The van der Waals surface area contributed by atoms with Gasteiger partial charge in [-0.1, -0.05) is 54.4 Å². The van der Waals surface area contributed by atoms with Gasteiger partial charge in [-0.25, -0.2) is 13.4 Å². The lowest BCUT2D eigenvalue weighted by Gasteiger charge is -2.28. The lowest BCUT2D eigenvalue weighted by molar-refractivity contribution is 0.347. The number of halogens is 1. The van der Waals surface area contributed by atoms with Crippen molar-refractivity contribution in [3.05, 3.63) is 99.6 Å². The highest BCUT2D eigenvalue weighted by molar-refractivity contribution is 7.89. The highest BCUT2D eigenvalue weighted by Crippen LogP contribution is 2.30. The van der Waals surface area contributed by atoms with Crippen LogP contribution >= 0.6 is 11.6 Å². The third-order valence-corrected chi connectivity index (χ3v) is 7.81. The second kappa shape index (κ2) is 9.09. The summed E-state index contributed by atoms with van der Waals surface area (Å²) in [5, 5.41) is 0.910. The second-order valence-corrected chi connectivity index (χ2v) is 10.3. The second-order valence-electron chi connectivity index (χ2n) is 7.87. The van der Waals surface area contributed by atoms with Crippen molar-refractivity contribution in [3.8, 4) is 5.69 Å². The molecule has 0 fully saturated rings. The van der Waals surface area contributed by atoms with Gasteiger partial charge in [-0.05, 0) is 55.8 Å². The summed E-state index contributed by atoms with van der Waals surface area (Å²) >= 11 is 6.22. The summed E-state index contributed by atoms with van der Waals surface area (Å²) in [5.74, 6) is 0.335. The molecule has 0 aliphatic carbocycles. The van der Waals surface area contributed by atoms with E-state index in [1.54, 1.807) is 72.8 Å². The van der Waals surface area contributed by atoms with Crippen molar-refractivity contribution in [1.29, 1.82) is 0 Å². The number of aryl methyl sites for hydroxylation is 1. The molecule has 6 nitrogen and oxygen atoms in total. The predicted molar refractivity (Wildman–Crippen MR) is 132 cm³/mol. The van der Waals surface area contributed by atoms with E-state index in [-0.39, 0.29) is 10.5 Å². The van der Waals surface area contributed by atoms with Gasteiger partial charge in [0, 0.05) is 12.1 Å². The number of hydrogen-bond donors (Lipinski definition) is 0. The molecule has 3 aromatic carbocycles. The van der Waals surface area contributed by atoms with Crippen LogP contribution in [-0.4, -0.2) is 29.3 Å². The summed E-state index contributed by atoms with van der Waals surface area (Å²) in [6, 6.07) is 20.0. The number of para-hydroxylation sites is 1. The van der Waals surface area contributed by atoms with Crippen molar-refractivity contribution in [2.75, 3.05) is 7.05 Å². The standard InChI is InChI=1S/C25H24ClN3O3S/c1-4-23(28(3)33(31,32)20-14-12-17(2)13-15-20)24-27-22-11-6-5-10-21(22)25(30)29(24)19-9-7-8-18(26)16-19/h5-16,23H,4H2,1-3H3. The zero-order chi connectivity index (χ0) is 23.8. The molecule has 1 heterocycles. The van der Waals surface area contributed by atoms with Gasteiger partial charge in [-0.2, -0.15) is 4.31 Å². The summed E-state index contributed by atoms with van der Waals surface area (Å²) < 4.78 is 29.7. The van der Waals surface area contributed by atoms with E-state index >= 15 is 0 Å². The third-order valence-electron chi connectivity index (χ3n) is 5.69. The molecule has 170 valence electrons. The van der Waals surface area contributed by atoms with Crippen LogP contribution < -0.4 is 5.56 Å². The van der Waals surface area contributed by atoms with E-state index in [0.717, 1.165) is 5.56 Å². The summed E-state index contributed by atoms with van der Waals surface area (Å²) in [5.41, 5.74) is 1.72. The van der Waals surface area contributed by atoms with Crippen LogP contribution in [0.25, 0.3) is 16.6 Å². The molecule has 1 aromatic heterocycles. The molecule has 0 spiro atoms. The highest BCUT2D eigenvalue weighted by atomic mass is 35.5. The van der Waals surface area contributed by atoms with Crippen molar-refractivity contribution in [1.82, 2.24) is 13.9 Å². The van der Waals surface area contributed by atoms with Crippen molar-refractivity contribution in [3.63, 3.8) is 0 Å². The zero-order valence-electron chi connectivity index (χ0n) is 18.6. The minimum Gasteiger partial charge on any atom is -0.268 e. The first kappa shape index (κ1) is 23.2. The van der Waals surface area contributed by atoms with Gasteiger partial charge in [0.15, 0.2) is 0 Å². The van der Waals surface area contributed by atoms with Crippen LogP contribution in [0.1, 0.15) is 30.8 Å². The SMILES string of the molecule is CCC(c1nc2ccccc2c(=O)n1-c1cccc(Cl)c1)N(C)S(=O)(=O)c1ccc(C)cc1. The maximum absolute atomic E-state index is 13.6. The molecule has 0 saturated heterocycles. The zero-order valence-corrected chi connectivity index (χ0v) is 20.1. The maximum atomic E-state index is 13.6. The first-order chi connectivity index (χ1) is 15.7. The number of aromatic nitrogens is 2. The van der Waals surface area contributed by atoms with E-state index in [4.69, 9.17) is 16.6 Å². The van der Waals surface area contributed by atoms with Crippen LogP contribution in [0.4, 0.5) is 0 Å². The number of sulfonamides is 1.